The third kappa shape index (κ3) is 4.55. The molecule has 31 heavy (non-hydrogen) atoms. The second-order valence-electron chi connectivity index (χ2n) is 8.10. The van der Waals surface area contributed by atoms with E-state index in [1.54, 1.807) is 6.07 Å². The lowest BCUT2D eigenvalue weighted by Crippen LogP contribution is -2.31. The second-order valence-corrected chi connectivity index (χ2v) is 8.10. The quantitative estimate of drug-likeness (QED) is 0.506. The normalized spacial score (nSPS) is 15.8. The maximum atomic E-state index is 14.4. The molecule has 1 heterocycles. The zero-order valence-electron chi connectivity index (χ0n) is 17.8. The summed E-state index contributed by atoms with van der Waals surface area (Å²) in [6.45, 7) is 4.74. The molecule has 4 rings (SSSR count). The molecule has 0 radical (unpaired) electrons. The zero-order valence-corrected chi connectivity index (χ0v) is 17.8. The standard InChI is InChI=1S/C26H26FNO3/c1-17-8-13-24(27)23(15-17)22-6-3-7-25(18(22)2)31-21-11-9-19(10-12-21)28-14-4-5-20(28)16-26(29)30/h3,6-13,15,20H,4-5,14,16H2,1-2H3,(H,29,30)/t20-/m0/s1. The summed E-state index contributed by atoms with van der Waals surface area (Å²) in [4.78, 5) is 13.3. The van der Waals surface area contributed by atoms with Gasteiger partial charge >= 0.3 is 5.97 Å². The average molecular weight is 419 g/mol. The van der Waals surface area contributed by atoms with Crippen LogP contribution in [0.5, 0.6) is 11.5 Å². The number of carbonyl (C=O) groups is 1. The summed E-state index contributed by atoms with van der Waals surface area (Å²) in [5.74, 6) is 0.341. The van der Waals surface area contributed by atoms with Crippen molar-refractivity contribution in [2.45, 2.75) is 39.2 Å². The molecule has 4 nitrogen and oxygen atoms in total. The van der Waals surface area contributed by atoms with Crippen LogP contribution in [0.25, 0.3) is 11.1 Å². The van der Waals surface area contributed by atoms with Crippen molar-refractivity contribution in [3.63, 3.8) is 0 Å². The zero-order chi connectivity index (χ0) is 22.0. The van der Waals surface area contributed by atoms with E-state index in [1.807, 2.05) is 62.4 Å². The number of hydrogen-bond acceptors (Lipinski definition) is 3. The predicted octanol–water partition coefficient (Wildman–Crippen LogP) is 6.35. The molecule has 3 aromatic carbocycles. The molecule has 5 heteroatoms. The number of aryl methyl sites for hydroxylation is 1. The molecule has 0 aliphatic carbocycles. The number of carboxylic acid groups (broad SMARTS) is 1. The lowest BCUT2D eigenvalue weighted by Gasteiger charge is -2.26. The fourth-order valence-corrected chi connectivity index (χ4v) is 4.28. The summed E-state index contributed by atoms with van der Waals surface area (Å²) in [5.41, 5.74) is 4.25. The van der Waals surface area contributed by atoms with Crippen molar-refractivity contribution < 1.29 is 19.0 Å². The van der Waals surface area contributed by atoms with Gasteiger partial charge in [0.2, 0.25) is 0 Å². The van der Waals surface area contributed by atoms with Crippen molar-refractivity contribution >= 4 is 11.7 Å². The van der Waals surface area contributed by atoms with Gasteiger partial charge < -0.3 is 14.7 Å². The average Bonchev–Trinajstić information content (AvgIpc) is 3.19. The minimum atomic E-state index is -0.766. The minimum Gasteiger partial charge on any atom is -0.481 e. The third-order valence-corrected chi connectivity index (χ3v) is 5.88. The van der Waals surface area contributed by atoms with E-state index in [4.69, 9.17) is 9.84 Å². The van der Waals surface area contributed by atoms with Gasteiger partial charge in [0.25, 0.3) is 0 Å². The Balaban J connectivity index is 1.55. The number of benzene rings is 3. The van der Waals surface area contributed by atoms with Gasteiger partial charge in [-0.05, 0) is 80.3 Å². The summed E-state index contributed by atoms with van der Waals surface area (Å²) in [5, 5.41) is 9.14. The van der Waals surface area contributed by atoms with Crippen molar-refractivity contribution in [1.82, 2.24) is 0 Å². The van der Waals surface area contributed by atoms with Gasteiger partial charge in [0.05, 0.1) is 6.42 Å². The molecular formula is C26H26FNO3. The van der Waals surface area contributed by atoms with Crippen LogP contribution in [-0.2, 0) is 4.79 Å². The molecular weight excluding hydrogens is 393 g/mol. The molecule has 0 amide bonds. The molecule has 3 aromatic rings. The van der Waals surface area contributed by atoms with E-state index in [2.05, 4.69) is 4.90 Å². The van der Waals surface area contributed by atoms with Crippen LogP contribution in [0, 0.1) is 19.7 Å². The largest absolute Gasteiger partial charge is 0.481 e. The fraction of sp³-hybridized carbons (Fsp3) is 0.269. The third-order valence-electron chi connectivity index (χ3n) is 5.88. The first kappa shape index (κ1) is 20.9. The SMILES string of the molecule is Cc1ccc(F)c(-c2cccc(Oc3ccc(N4CCC[C@H]4CC(=O)O)cc3)c2C)c1. The van der Waals surface area contributed by atoms with E-state index in [9.17, 15) is 9.18 Å². The van der Waals surface area contributed by atoms with Crippen LogP contribution in [0.4, 0.5) is 10.1 Å². The molecule has 0 bridgehead atoms. The molecule has 160 valence electrons. The monoisotopic (exact) mass is 419 g/mol. The number of rotatable bonds is 6. The van der Waals surface area contributed by atoms with Crippen LogP contribution in [0.2, 0.25) is 0 Å². The molecule has 1 saturated heterocycles. The van der Waals surface area contributed by atoms with Crippen LogP contribution in [-0.4, -0.2) is 23.7 Å². The van der Waals surface area contributed by atoms with Gasteiger partial charge in [-0.25, -0.2) is 4.39 Å². The van der Waals surface area contributed by atoms with Crippen LogP contribution in [0.1, 0.15) is 30.4 Å². The number of anilines is 1. The molecule has 1 N–H and O–H groups in total. The van der Waals surface area contributed by atoms with Crippen molar-refractivity contribution in [2.24, 2.45) is 0 Å². The lowest BCUT2D eigenvalue weighted by atomic mass is 9.98. The molecule has 0 aromatic heterocycles. The minimum absolute atomic E-state index is 0.0346. The van der Waals surface area contributed by atoms with Gasteiger partial charge in [0.15, 0.2) is 0 Å². The first-order valence-electron chi connectivity index (χ1n) is 10.5. The molecule has 1 aliphatic rings. The molecule has 1 fully saturated rings. The number of halogens is 1. The number of ether oxygens (including phenoxy) is 1. The summed E-state index contributed by atoms with van der Waals surface area (Å²) in [7, 11) is 0. The lowest BCUT2D eigenvalue weighted by molar-refractivity contribution is -0.137. The van der Waals surface area contributed by atoms with E-state index >= 15 is 0 Å². The van der Waals surface area contributed by atoms with E-state index in [0.29, 0.717) is 17.1 Å². The summed E-state index contributed by atoms with van der Waals surface area (Å²) in [6.07, 6.45) is 2.05. The Morgan fingerprint density at radius 1 is 1.10 bits per heavy atom. The Morgan fingerprint density at radius 2 is 1.87 bits per heavy atom. The highest BCUT2D eigenvalue weighted by Crippen LogP contribution is 2.35. The Labute approximate surface area is 181 Å². The molecule has 0 spiro atoms. The van der Waals surface area contributed by atoms with Crippen molar-refractivity contribution in [2.75, 3.05) is 11.4 Å². The highest BCUT2D eigenvalue weighted by Gasteiger charge is 2.26. The predicted molar refractivity (Wildman–Crippen MR) is 120 cm³/mol. The Hall–Kier alpha value is -3.34. The maximum Gasteiger partial charge on any atom is 0.305 e. The van der Waals surface area contributed by atoms with E-state index in [-0.39, 0.29) is 18.3 Å². The Bertz CT molecular complexity index is 1090. The van der Waals surface area contributed by atoms with Gasteiger partial charge in [-0.15, -0.1) is 0 Å². The summed E-state index contributed by atoms with van der Waals surface area (Å²) >= 11 is 0. The van der Waals surface area contributed by atoms with Gasteiger partial charge in [-0.2, -0.15) is 0 Å². The highest BCUT2D eigenvalue weighted by atomic mass is 19.1. The van der Waals surface area contributed by atoms with Crippen molar-refractivity contribution in [3.05, 3.63) is 77.6 Å². The second kappa shape index (κ2) is 8.80. The van der Waals surface area contributed by atoms with E-state index in [0.717, 1.165) is 41.8 Å². The summed E-state index contributed by atoms with van der Waals surface area (Å²) < 4.78 is 20.5. The first-order valence-corrected chi connectivity index (χ1v) is 10.5. The first-order chi connectivity index (χ1) is 14.9. The Morgan fingerprint density at radius 3 is 2.61 bits per heavy atom. The van der Waals surface area contributed by atoms with Crippen molar-refractivity contribution in [1.29, 1.82) is 0 Å². The van der Waals surface area contributed by atoms with Gasteiger partial charge in [-0.1, -0.05) is 23.8 Å². The topological polar surface area (TPSA) is 49.8 Å². The van der Waals surface area contributed by atoms with Crippen LogP contribution in [0.3, 0.4) is 0 Å². The van der Waals surface area contributed by atoms with Crippen LogP contribution < -0.4 is 9.64 Å². The summed E-state index contributed by atoms with van der Waals surface area (Å²) in [6, 6.07) is 18.5. The smallest absolute Gasteiger partial charge is 0.305 e. The molecule has 0 saturated carbocycles. The molecule has 1 aliphatic heterocycles. The van der Waals surface area contributed by atoms with Gasteiger partial charge in [0, 0.05) is 23.8 Å². The van der Waals surface area contributed by atoms with Crippen molar-refractivity contribution in [3.8, 4) is 22.6 Å². The number of aliphatic carboxylic acids is 1. The highest BCUT2D eigenvalue weighted by molar-refractivity contribution is 5.71. The van der Waals surface area contributed by atoms with Gasteiger partial charge in [0.1, 0.15) is 17.3 Å². The maximum absolute atomic E-state index is 14.4. The molecule has 1 atom stereocenters. The fourth-order valence-electron chi connectivity index (χ4n) is 4.28. The van der Waals surface area contributed by atoms with Crippen LogP contribution >= 0.6 is 0 Å². The van der Waals surface area contributed by atoms with Gasteiger partial charge in [-0.3, -0.25) is 4.79 Å². The number of nitrogens with zero attached hydrogens (tertiary/aromatic N) is 1. The van der Waals surface area contributed by atoms with Crippen LogP contribution in [0.15, 0.2) is 60.7 Å². The number of carboxylic acids is 1. The van der Waals surface area contributed by atoms with E-state index < -0.39 is 5.97 Å². The number of hydrogen-bond donors (Lipinski definition) is 1. The van der Waals surface area contributed by atoms with E-state index in [1.165, 1.54) is 6.07 Å². The Kier molecular flexibility index (Phi) is 5.94. The molecule has 0 unspecified atom stereocenters.